The van der Waals surface area contributed by atoms with Gasteiger partial charge in [0.05, 0.1) is 0 Å². The van der Waals surface area contributed by atoms with Gasteiger partial charge in [0.25, 0.3) is 0 Å². The molecule has 4 N–H and O–H groups in total. The summed E-state index contributed by atoms with van der Waals surface area (Å²) in [7, 11) is 0. The van der Waals surface area contributed by atoms with Crippen molar-refractivity contribution in [1.29, 1.82) is 0 Å². The number of benzene rings is 2. The van der Waals surface area contributed by atoms with E-state index < -0.39 is 0 Å². The molecule has 3 aromatic rings. The molecule has 0 spiro atoms. The largest absolute Gasteiger partial charge is 0.330 e. The molecular weight excluding hydrogens is 668 g/mol. The van der Waals surface area contributed by atoms with E-state index in [4.69, 9.17) is 11.5 Å². The van der Waals surface area contributed by atoms with Crippen LogP contribution in [0.3, 0.4) is 0 Å². The molecule has 1 heterocycles. The fourth-order valence-corrected chi connectivity index (χ4v) is 6.63. The van der Waals surface area contributed by atoms with Crippen LogP contribution in [0.1, 0.15) is 35.4 Å². The number of nitrogens with two attached hydrogens (primary N) is 2. The van der Waals surface area contributed by atoms with Gasteiger partial charge < -0.3 is 11.5 Å². The van der Waals surface area contributed by atoms with E-state index in [0.717, 1.165) is 53.2 Å². The number of rotatable bonds is 10. The second kappa shape index (κ2) is 12.1. The maximum absolute atomic E-state index is 13.5. The van der Waals surface area contributed by atoms with Crippen LogP contribution < -0.4 is 17.2 Å². The van der Waals surface area contributed by atoms with E-state index in [1.807, 2.05) is 21.3 Å². The van der Waals surface area contributed by atoms with Crippen LogP contribution in [-0.4, -0.2) is 22.2 Å². The van der Waals surface area contributed by atoms with Crippen molar-refractivity contribution in [3.05, 3.63) is 87.3 Å². The Kier molecular flexibility index (Phi) is 9.82. The predicted molar refractivity (Wildman–Crippen MR) is 145 cm³/mol. The highest BCUT2D eigenvalue weighted by Gasteiger charge is 2.21. The van der Waals surface area contributed by atoms with E-state index in [2.05, 4.69) is 88.0 Å². The molecule has 0 aliphatic heterocycles. The van der Waals surface area contributed by atoms with Crippen molar-refractivity contribution in [2.24, 2.45) is 11.5 Å². The van der Waals surface area contributed by atoms with Gasteiger partial charge in [0, 0.05) is 55.2 Å². The molecular formula is C23H26Br4N4O. The van der Waals surface area contributed by atoms with Gasteiger partial charge in [-0.1, -0.05) is 63.7 Å². The summed E-state index contributed by atoms with van der Waals surface area (Å²) >= 11 is 14.3. The minimum atomic E-state index is 0.0139. The zero-order valence-corrected chi connectivity index (χ0v) is 23.9. The molecule has 0 radical (unpaired) electrons. The number of aromatic nitrogens is 2. The molecule has 0 saturated heterocycles. The molecule has 0 atom stereocenters. The molecule has 3 rings (SSSR count). The lowest BCUT2D eigenvalue weighted by Crippen LogP contribution is -2.27. The van der Waals surface area contributed by atoms with Crippen molar-refractivity contribution >= 4 is 63.7 Å². The van der Waals surface area contributed by atoms with Crippen molar-refractivity contribution < 1.29 is 0 Å². The second-order valence-corrected chi connectivity index (χ2v) is 11.3. The molecule has 2 aromatic carbocycles. The molecule has 0 amide bonds. The molecule has 0 saturated carbocycles. The van der Waals surface area contributed by atoms with E-state index in [0.29, 0.717) is 39.0 Å². The molecule has 9 heteroatoms. The smallest absolute Gasteiger partial charge is 0.328 e. The Morgan fingerprint density at radius 1 is 0.625 bits per heavy atom. The van der Waals surface area contributed by atoms with Crippen LogP contribution >= 0.6 is 63.7 Å². The van der Waals surface area contributed by atoms with Crippen LogP contribution in [0.5, 0.6) is 0 Å². The van der Waals surface area contributed by atoms with Gasteiger partial charge in [-0.2, -0.15) is 0 Å². The fraction of sp³-hybridized carbons (Fsp3) is 0.348. The summed E-state index contributed by atoms with van der Waals surface area (Å²) in [6, 6.07) is 12.4. The van der Waals surface area contributed by atoms with Crippen molar-refractivity contribution in [1.82, 2.24) is 9.13 Å². The minimum Gasteiger partial charge on any atom is -0.330 e. The summed E-state index contributed by atoms with van der Waals surface area (Å²) in [6.07, 6.45) is 2.80. The fourth-order valence-electron chi connectivity index (χ4n) is 3.86. The van der Waals surface area contributed by atoms with Gasteiger partial charge in [-0.3, -0.25) is 9.13 Å². The Labute approximate surface area is 222 Å². The first-order chi connectivity index (χ1) is 15.3. The number of hydrogen-bond acceptors (Lipinski definition) is 3. The van der Waals surface area contributed by atoms with Crippen LogP contribution in [0.15, 0.2) is 59.1 Å². The molecule has 0 aliphatic rings. The average molecular weight is 694 g/mol. The number of halogens is 4. The topological polar surface area (TPSA) is 79.0 Å². The van der Waals surface area contributed by atoms with Crippen molar-refractivity contribution in [3.63, 3.8) is 0 Å². The minimum absolute atomic E-state index is 0.0139. The third kappa shape index (κ3) is 6.67. The Morgan fingerprint density at radius 2 is 0.969 bits per heavy atom. The van der Waals surface area contributed by atoms with Gasteiger partial charge in [-0.25, -0.2) is 4.79 Å². The molecule has 5 nitrogen and oxygen atoms in total. The van der Waals surface area contributed by atoms with E-state index in [1.165, 1.54) is 0 Å². The Balaban J connectivity index is 2.15. The first-order valence-electron chi connectivity index (χ1n) is 10.4. The van der Waals surface area contributed by atoms with Crippen LogP contribution in [0, 0.1) is 0 Å². The van der Waals surface area contributed by atoms with Crippen LogP contribution in [0.25, 0.3) is 0 Å². The third-order valence-corrected chi connectivity index (χ3v) is 7.04. The molecule has 0 unspecified atom stereocenters. The summed E-state index contributed by atoms with van der Waals surface area (Å²) in [5, 5.41) is 0. The zero-order valence-electron chi connectivity index (χ0n) is 17.6. The third-order valence-electron chi connectivity index (χ3n) is 5.21. The van der Waals surface area contributed by atoms with Gasteiger partial charge in [0.15, 0.2) is 0 Å². The first-order valence-corrected chi connectivity index (χ1v) is 13.6. The summed E-state index contributed by atoms with van der Waals surface area (Å²) in [5.74, 6) is 0. The lowest BCUT2D eigenvalue weighted by molar-refractivity contribution is 0.566. The SMILES string of the molecule is NCCCn1c(Cc2cc(Br)cc(Br)c2)c(Cc2cc(Br)cc(Br)c2)n(CCCN)c1=O. The monoisotopic (exact) mass is 690 g/mol. The summed E-state index contributed by atoms with van der Waals surface area (Å²) in [5.41, 5.74) is 15.9. The van der Waals surface area contributed by atoms with Gasteiger partial charge in [-0.05, 0) is 73.5 Å². The average Bonchev–Trinajstić information content (AvgIpc) is 2.93. The highest BCUT2D eigenvalue weighted by atomic mass is 79.9. The molecule has 1 aromatic heterocycles. The number of imidazole rings is 1. The van der Waals surface area contributed by atoms with Gasteiger partial charge in [-0.15, -0.1) is 0 Å². The van der Waals surface area contributed by atoms with Gasteiger partial charge in [0.2, 0.25) is 0 Å². The summed E-state index contributed by atoms with van der Waals surface area (Å²) in [4.78, 5) is 13.5. The lowest BCUT2D eigenvalue weighted by Gasteiger charge is -2.13. The highest BCUT2D eigenvalue weighted by Crippen LogP contribution is 2.26. The highest BCUT2D eigenvalue weighted by molar-refractivity contribution is 9.11. The van der Waals surface area contributed by atoms with Crippen molar-refractivity contribution in [2.45, 2.75) is 38.8 Å². The second-order valence-electron chi connectivity index (χ2n) is 7.67. The van der Waals surface area contributed by atoms with E-state index in [1.54, 1.807) is 0 Å². The number of nitrogens with zero attached hydrogens (tertiary/aromatic N) is 2. The summed E-state index contributed by atoms with van der Waals surface area (Å²) in [6.45, 7) is 2.28. The zero-order chi connectivity index (χ0) is 23.3. The summed E-state index contributed by atoms with van der Waals surface area (Å²) < 4.78 is 7.80. The normalized spacial score (nSPS) is 11.3. The number of hydrogen-bond donors (Lipinski definition) is 2. The molecule has 0 aliphatic carbocycles. The first kappa shape index (κ1) is 25.9. The molecule has 0 bridgehead atoms. The Hall–Kier alpha value is -0.710. The maximum Gasteiger partial charge on any atom is 0.328 e. The molecule has 172 valence electrons. The lowest BCUT2D eigenvalue weighted by atomic mass is 10.0. The Morgan fingerprint density at radius 3 is 1.28 bits per heavy atom. The van der Waals surface area contributed by atoms with Gasteiger partial charge in [0.1, 0.15) is 0 Å². The van der Waals surface area contributed by atoms with Crippen LogP contribution in [-0.2, 0) is 25.9 Å². The molecule has 0 fully saturated rings. The van der Waals surface area contributed by atoms with Crippen LogP contribution in [0.2, 0.25) is 0 Å². The van der Waals surface area contributed by atoms with Crippen molar-refractivity contribution in [2.75, 3.05) is 13.1 Å². The van der Waals surface area contributed by atoms with Crippen LogP contribution in [0.4, 0.5) is 0 Å². The maximum atomic E-state index is 13.5. The van der Waals surface area contributed by atoms with E-state index >= 15 is 0 Å². The van der Waals surface area contributed by atoms with E-state index in [-0.39, 0.29) is 5.69 Å². The standard InChI is InChI=1S/C23H26Br4N4O/c24-17-7-15(8-18(25)13-17)11-21-22(12-16-9-19(26)14-20(27)10-16)31(6-2-4-29)23(32)30(21)5-1-3-28/h7-10,13-14H,1-6,11-12,28-29H2. The predicted octanol–water partition coefficient (Wildman–Crippen LogP) is 5.58. The quantitative estimate of drug-likeness (QED) is 0.291. The molecule has 32 heavy (non-hydrogen) atoms. The van der Waals surface area contributed by atoms with Crippen molar-refractivity contribution in [3.8, 4) is 0 Å². The Bertz CT molecular complexity index is 1010. The van der Waals surface area contributed by atoms with E-state index in [9.17, 15) is 4.79 Å². The van der Waals surface area contributed by atoms with Gasteiger partial charge >= 0.3 is 5.69 Å².